The fourth-order valence-electron chi connectivity index (χ4n) is 9.26. The minimum absolute atomic E-state index is 0.0772. The fourth-order valence-corrected chi connectivity index (χ4v) is 9.26. The van der Waals surface area contributed by atoms with Gasteiger partial charge in [-0.1, -0.05) is 161 Å². The van der Waals surface area contributed by atoms with Crippen LogP contribution in [-0.4, -0.2) is 0 Å². The van der Waals surface area contributed by atoms with Gasteiger partial charge >= 0.3 is 0 Å². The van der Waals surface area contributed by atoms with Gasteiger partial charge in [-0.25, -0.2) is 0 Å². The van der Waals surface area contributed by atoms with Crippen molar-refractivity contribution in [1.82, 2.24) is 0 Å². The van der Waals surface area contributed by atoms with E-state index in [1.165, 1.54) is 77.5 Å². The molecule has 10 rings (SSSR count). The Labute approximate surface area is 312 Å². The molecule has 8 aromatic rings. The molecular weight excluding hydrogens is 639 g/mol. The molecule has 0 bridgehead atoms. The van der Waals surface area contributed by atoms with Crippen LogP contribution in [0.5, 0.6) is 0 Å². The van der Waals surface area contributed by atoms with Gasteiger partial charge in [0.25, 0.3) is 0 Å². The number of fused-ring (bicyclic) bond motifs is 5. The molecule has 53 heavy (non-hydrogen) atoms. The molecule has 0 saturated heterocycles. The van der Waals surface area contributed by atoms with Crippen molar-refractivity contribution in [3.63, 3.8) is 0 Å². The van der Waals surface area contributed by atoms with E-state index in [0.29, 0.717) is 0 Å². The SMILES string of the molecule is CC1(C)c2ccccc2-c2ccc(N(c3ccc(-c4ccc5c(c4)-c4cccc6cccc(c46)C5(C)C)cc3)c3cccc(-c4ccccc4)c3)cc21. The summed E-state index contributed by atoms with van der Waals surface area (Å²) in [7, 11) is 0. The van der Waals surface area contributed by atoms with Crippen molar-refractivity contribution in [3.8, 4) is 44.5 Å². The summed E-state index contributed by atoms with van der Waals surface area (Å²) in [6.07, 6.45) is 0. The van der Waals surface area contributed by atoms with Gasteiger partial charge in [0.05, 0.1) is 0 Å². The van der Waals surface area contributed by atoms with Gasteiger partial charge in [0.1, 0.15) is 0 Å². The molecule has 0 aliphatic heterocycles. The van der Waals surface area contributed by atoms with Crippen LogP contribution in [0, 0.1) is 0 Å². The van der Waals surface area contributed by atoms with Gasteiger partial charge in [-0.2, -0.15) is 0 Å². The van der Waals surface area contributed by atoms with Crippen molar-refractivity contribution in [2.75, 3.05) is 4.90 Å². The first-order chi connectivity index (χ1) is 25.8. The number of hydrogen-bond acceptors (Lipinski definition) is 1. The minimum Gasteiger partial charge on any atom is -0.310 e. The second kappa shape index (κ2) is 11.7. The molecule has 0 amide bonds. The lowest BCUT2D eigenvalue weighted by molar-refractivity contribution is 0.645. The van der Waals surface area contributed by atoms with E-state index in [9.17, 15) is 0 Å². The Morgan fingerprint density at radius 2 is 0.868 bits per heavy atom. The Balaban J connectivity index is 1.09. The van der Waals surface area contributed by atoms with Gasteiger partial charge in [-0.3, -0.25) is 0 Å². The summed E-state index contributed by atoms with van der Waals surface area (Å²) in [6.45, 7) is 9.45. The second-order valence-corrected chi connectivity index (χ2v) is 15.8. The predicted molar refractivity (Wildman–Crippen MR) is 225 cm³/mol. The number of rotatable bonds is 5. The van der Waals surface area contributed by atoms with Crippen LogP contribution in [0.2, 0.25) is 0 Å². The molecule has 2 aliphatic rings. The molecule has 0 radical (unpaired) electrons. The van der Waals surface area contributed by atoms with Crippen LogP contribution in [0.15, 0.2) is 176 Å². The van der Waals surface area contributed by atoms with Crippen molar-refractivity contribution in [1.29, 1.82) is 0 Å². The van der Waals surface area contributed by atoms with Crippen molar-refractivity contribution in [3.05, 3.63) is 198 Å². The topological polar surface area (TPSA) is 3.24 Å². The Morgan fingerprint density at radius 1 is 0.321 bits per heavy atom. The molecular formula is C52H41N. The van der Waals surface area contributed by atoms with E-state index in [1.807, 2.05) is 0 Å². The summed E-state index contributed by atoms with van der Waals surface area (Å²) in [4.78, 5) is 2.42. The molecule has 0 atom stereocenters. The summed E-state index contributed by atoms with van der Waals surface area (Å²) in [6, 6.07) is 65.3. The molecule has 0 spiro atoms. The number of anilines is 3. The molecule has 2 aliphatic carbocycles. The van der Waals surface area contributed by atoms with Crippen molar-refractivity contribution >= 4 is 27.8 Å². The van der Waals surface area contributed by atoms with Gasteiger partial charge in [0.2, 0.25) is 0 Å². The lowest BCUT2D eigenvalue weighted by Gasteiger charge is -2.35. The molecule has 8 aromatic carbocycles. The number of benzene rings is 8. The lowest BCUT2D eigenvalue weighted by Crippen LogP contribution is -2.23. The normalized spacial score (nSPS) is 14.3. The highest BCUT2D eigenvalue weighted by atomic mass is 15.1. The van der Waals surface area contributed by atoms with Crippen LogP contribution >= 0.6 is 0 Å². The molecule has 1 nitrogen and oxygen atoms in total. The van der Waals surface area contributed by atoms with Gasteiger partial charge in [0, 0.05) is 27.9 Å². The molecule has 1 heteroatoms. The van der Waals surface area contributed by atoms with Gasteiger partial charge < -0.3 is 4.90 Å². The van der Waals surface area contributed by atoms with E-state index in [4.69, 9.17) is 0 Å². The monoisotopic (exact) mass is 679 g/mol. The molecule has 0 N–H and O–H groups in total. The first kappa shape index (κ1) is 31.5. The summed E-state index contributed by atoms with van der Waals surface area (Å²) in [5.41, 5.74) is 19.0. The maximum Gasteiger partial charge on any atom is 0.0467 e. The zero-order chi connectivity index (χ0) is 35.9. The van der Waals surface area contributed by atoms with Crippen LogP contribution in [0.25, 0.3) is 55.3 Å². The first-order valence-corrected chi connectivity index (χ1v) is 18.8. The predicted octanol–water partition coefficient (Wildman–Crippen LogP) is 14.3. The second-order valence-electron chi connectivity index (χ2n) is 15.8. The Hall–Kier alpha value is -6.18. The minimum atomic E-state index is -0.0881. The van der Waals surface area contributed by atoms with Gasteiger partial charge in [0.15, 0.2) is 0 Å². The first-order valence-electron chi connectivity index (χ1n) is 18.8. The quantitative estimate of drug-likeness (QED) is 0.175. The fraction of sp³-hybridized carbons (Fsp3) is 0.115. The van der Waals surface area contributed by atoms with E-state index < -0.39 is 0 Å². The maximum atomic E-state index is 2.42. The highest BCUT2D eigenvalue weighted by molar-refractivity contribution is 6.04. The van der Waals surface area contributed by atoms with E-state index in [0.717, 1.165) is 17.1 Å². The largest absolute Gasteiger partial charge is 0.310 e. The molecule has 0 saturated carbocycles. The van der Waals surface area contributed by atoms with Crippen LogP contribution in [0.3, 0.4) is 0 Å². The maximum absolute atomic E-state index is 2.42. The molecule has 0 fully saturated rings. The van der Waals surface area contributed by atoms with Gasteiger partial charge in [-0.05, 0) is 120 Å². The number of nitrogens with zero attached hydrogens (tertiary/aromatic N) is 1. The third-order valence-electron chi connectivity index (χ3n) is 12.1. The van der Waals surface area contributed by atoms with Crippen LogP contribution in [-0.2, 0) is 10.8 Å². The molecule has 0 unspecified atom stereocenters. The van der Waals surface area contributed by atoms with E-state index in [1.54, 1.807) is 0 Å². The van der Waals surface area contributed by atoms with Gasteiger partial charge in [-0.15, -0.1) is 0 Å². The van der Waals surface area contributed by atoms with E-state index in [-0.39, 0.29) is 10.8 Å². The highest BCUT2D eigenvalue weighted by Crippen LogP contribution is 2.52. The smallest absolute Gasteiger partial charge is 0.0467 e. The Kier molecular flexibility index (Phi) is 6.94. The van der Waals surface area contributed by atoms with Crippen LogP contribution in [0.4, 0.5) is 17.1 Å². The average Bonchev–Trinajstić information content (AvgIpc) is 3.43. The number of hydrogen-bond donors (Lipinski definition) is 0. The van der Waals surface area contributed by atoms with Crippen LogP contribution < -0.4 is 4.90 Å². The summed E-state index contributed by atoms with van der Waals surface area (Å²) < 4.78 is 0. The van der Waals surface area contributed by atoms with E-state index in [2.05, 4.69) is 209 Å². The molecule has 0 heterocycles. The Bertz CT molecular complexity index is 2710. The summed E-state index contributed by atoms with van der Waals surface area (Å²) in [5, 5.41) is 2.69. The van der Waals surface area contributed by atoms with Crippen molar-refractivity contribution in [2.45, 2.75) is 38.5 Å². The molecule has 254 valence electrons. The van der Waals surface area contributed by atoms with Crippen molar-refractivity contribution < 1.29 is 0 Å². The zero-order valence-electron chi connectivity index (χ0n) is 30.7. The van der Waals surface area contributed by atoms with Crippen molar-refractivity contribution in [2.24, 2.45) is 0 Å². The molecule has 0 aromatic heterocycles. The average molecular weight is 680 g/mol. The standard InChI is InChI=1S/C52H41N/c1-51(2)47-30-25-38(32-45(47)44-20-11-15-36-16-12-22-48(51)50(36)44)35-23-26-39(27-24-35)53(40-18-10-17-37(31-40)34-13-6-5-7-14-34)41-28-29-43-42-19-8-9-21-46(42)52(3,4)49(43)33-41/h5-33H,1-4H3. The zero-order valence-corrected chi connectivity index (χ0v) is 30.7. The van der Waals surface area contributed by atoms with Crippen LogP contribution in [0.1, 0.15) is 49.9 Å². The van der Waals surface area contributed by atoms with E-state index >= 15 is 0 Å². The third kappa shape index (κ3) is 4.84. The summed E-state index contributed by atoms with van der Waals surface area (Å²) >= 11 is 0. The lowest BCUT2D eigenvalue weighted by atomic mass is 9.68. The highest BCUT2D eigenvalue weighted by Gasteiger charge is 2.36. The summed E-state index contributed by atoms with van der Waals surface area (Å²) in [5.74, 6) is 0. The third-order valence-corrected chi connectivity index (χ3v) is 12.1. The Morgan fingerprint density at radius 3 is 1.70 bits per heavy atom.